The molecule has 35 heavy (non-hydrogen) atoms. The molecule has 0 saturated heterocycles. The normalized spacial score (nSPS) is 18.7. The number of hydrogen-bond donors (Lipinski definition) is 0. The monoisotopic (exact) mass is 504 g/mol. The number of alkyl halides is 6. The molecule has 6 rings (SSSR count). The van der Waals surface area contributed by atoms with E-state index < -0.39 is 40.0 Å². The van der Waals surface area contributed by atoms with E-state index in [1.54, 1.807) is 31.2 Å². The zero-order valence-electron chi connectivity index (χ0n) is 17.8. The minimum atomic E-state index is -5.69. The van der Waals surface area contributed by atoms with Crippen molar-refractivity contribution in [2.24, 2.45) is 0 Å². The van der Waals surface area contributed by atoms with Crippen molar-refractivity contribution >= 4 is 44.4 Å². The van der Waals surface area contributed by atoms with Crippen LogP contribution in [0.2, 0.25) is 0 Å². The Morgan fingerprint density at radius 2 is 1.34 bits per heavy atom. The first-order valence-corrected chi connectivity index (χ1v) is 11.3. The highest BCUT2D eigenvalue weighted by Crippen LogP contribution is 2.66. The van der Waals surface area contributed by atoms with Gasteiger partial charge in [-0.15, -0.1) is 11.3 Å². The zero-order valence-corrected chi connectivity index (χ0v) is 18.7. The van der Waals surface area contributed by atoms with Crippen molar-refractivity contribution in [2.75, 3.05) is 0 Å². The molecule has 0 spiro atoms. The average molecular weight is 504 g/mol. The molecule has 0 aliphatic heterocycles. The highest BCUT2D eigenvalue weighted by molar-refractivity contribution is 7.15. The summed E-state index contributed by atoms with van der Waals surface area (Å²) in [4.78, 5) is 1.15. The molecular weight excluding hydrogens is 490 g/mol. The summed E-state index contributed by atoms with van der Waals surface area (Å²) in [7, 11) is 0. The Hall–Kier alpha value is -3.46. The second kappa shape index (κ2) is 7.04. The third-order valence-corrected chi connectivity index (χ3v) is 7.23. The number of para-hydroxylation sites is 2. The molecule has 0 amide bonds. The molecule has 0 unspecified atom stereocenters. The Bertz CT molecular complexity index is 1650. The highest BCUT2D eigenvalue weighted by Gasteiger charge is 2.80. The molecule has 1 aliphatic carbocycles. The summed E-state index contributed by atoms with van der Waals surface area (Å²) in [5.74, 6) is -16.3. The van der Waals surface area contributed by atoms with Crippen LogP contribution in [0, 0.1) is 6.92 Å². The van der Waals surface area contributed by atoms with Gasteiger partial charge in [-0.25, -0.2) is 0 Å². The lowest BCUT2D eigenvalue weighted by Crippen LogP contribution is -2.48. The lowest BCUT2D eigenvalue weighted by molar-refractivity contribution is -0.254. The molecule has 2 nitrogen and oxygen atoms in total. The van der Waals surface area contributed by atoms with Crippen LogP contribution in [-0.2, 0) is 0 Å². The van der Waals surface area contributed by atoms with Crippen LogP contribution in [0.4, 0.5) is 26.3 Å². The van der Waals surface area contributed by atoms with E-state index in [0.29, 0.717) is 4.88 Å². The molecule has 0 atom stereocenters. The van der Waals surface area contributed by atoms with Crippen LogP contribution in [0.25, 0.3) is 43.7 Å². The van der Waals surface area contributed by atoms with Gasteiger partial charge in [-0.1, -0.05) is 36.4 Å². The fourth-order valence-electron chi connectivity index (χ4n) is 4.61. The van der Waals surface area contributed by atoms with Gasteiger partial charge in [0.25, 0.3) is 0 Å². The van der Waals surface area contributed by atoms with Gasteiger partial charge in [-0.2, -0.15) is 26.3 Å². The second-order valence-electron chi connectivity index (χ2n) is 8.33. The zero-order chi connectivity index (χ0) is 24.8. The standard InChI is InChI=1S/C26H14F6O2S/c1-13-10-11-19(35-13)23-20(15-7-3-5-9-18(15)34-23)22-21(24(27,28)26(31,32)25(22,29)30)16-12-33-17-8-4-2-6-14(16)17/h2-12H,1H3. The van der Waals surface area contributed by atoms with E-state index >= 15 is 17.6 Å². The van der Waals surface area contributed by atoms with Gasteiger partial charge in [0.15, 0.2) is 5.76 Å². The van der Waals surface area contributed by atoms with Gasteiger partial charge in [0.05, 0.1) is 11.1 Å². The van der Waals surface area contributed by atoms with Gasteiger partial charge in [-0.05, 0) is 31.2 Å². The van der Waals surface area contributed by atoms with Crippen molar-refractivity contribution in [1.29, 1.82) is 0 Å². The molecule has 0 saturated carbocycles. The quantitative estimate of drug-likeness (QED) is 0.229. The van der Waals surface area contributed by atoms with E-state index in [1.807, 2.05) is 0 Å². The molecular formula is C26H14F6O2S. The minimum Gasteiger partial charge on any atom is -0.464 e. The van der Waals surface area contributed by atoms with Crippen molar-refractivity contribution in [2.45, 2.75) is 24.7 Å². The Morgan fingerprint density at radius 3 is 2.03 bits per heavy atom. The Labute approximate surface area is 198 Å². The highest BCUT2D eigenvalue weighted by atomic mass is 32.1. The van der Waals surface area contributed by atoms with Gasteiger partial charge in [-0.3, -0.25) is 0 Å². The third-order valence-electron chi connectivity index (χ3n) is 6.23. The number of allylic oxidation sites excluding steroid dienone is 2. The summed E-state index contributed by atoms with van der Waals surface area (Å²) in [5, 5.41) is 0.0523. The molecule has 0 radical (unpaired) electrons. The SMILES string of the molecule is Cc1ccc(-c2oc3ccccc3c2C2=C(c3coc4ccccc34)C(F)(F)C(F)(F)C2(F)F)s1. The van der Waals surface area contributed by atoms with Crippen LogP contribution in [0.3, 0.4) is 0 Å². The third kappa shape index (κ3) is 2.78. The lowest BCUT2D eigenvalue weighted by atomic mass is 9.92. The van der Waals surface area contributed by atoms with Gasteiger partial charge in [0, 0.05) is 37.9 Å². The number of aryl methyl sites for hydroxylation is 1. The number of halogens is 6. The number of furan rings is 2. The molecule has 2 aromatic carbocycles. The smallest absolute Gasteiger partial charge is 0.380 e. The maximum Gasteiger partial charge on any atom is 0.380 e. The summed E-state index contributed by atoms with van der Waals surface area (Å²) in [6.45, 7) is 1.77. The number of benzene rings is 2. The molecule has 3 heterocycles. The van der Waals surface area contributed by atoms with Crippen molar-refractivity contribution in [1.82, 2.24) is 0 Å². The molecule has 0 bridgehead atoms. The average Bonchev–Trinajstić information content (AvgIpc) is 3.54. The van der Waals surface area contributed by atoms with Crippen LogP contribution >= 0.6 is 11.3 Å². The number of thiophene rings is 1. The van der Waals surface area contributed by atoms with E-state index in [1.165, 1.54) is 47.7 Å². The van der Waals surface area contributed by atoms with Crippen molar-refractivity contribution < 1.29 is 35.2 Å². The molecule has 5 aromatic rings. The fraction of sp³-hybridized carbons (Fsp3) is 0.154. The Balaban J connectivity index is 1.80. The fourth-order valence-corrected chi connectivity index (χ4v) is 5.46. The largest absolute Gasteiger partial charge is 0.464 e. The molecule has 9 heteroatoms. The maximum atomic E-state index is 15.6. The van der Waals surface area contributed by atoms with Crippen LogP contribution in [0.5, 0.6) is 0 Å². The molecule has 0 fully saturated rings. The summed E-state index contributed by atoms with van der Waals surface area (Å²) in [6.07, 6.45) is 0.822. The first kappa shape index (κ1) is 22.0. The van der Waals surface area contributed by atoms with Gasteiger partial charge < -0.3 is 8.83 Å². The molecule has 3 aromatic heterocycles. The number of rotatable bonds is 3. The van der Waals surface area contributed by atoms with Crippen molar-refractivity contribution in [3.8, 4) is 10.6 Å². The summed E-state index contributed by atoms with van der Waals surface area (Å²) in [6, 6.07) is 15.1. The molecule has 1 aliphatic rings. The van der Waals surface area contributed by atoms with E-state index in [4.69, 9.17) is 8.83 Å². The molecule has 178 valence electrons. The van der Waals surface area contributed by atoms with Crippen LogP contribution < -0.4 is 0 Å². The van der Waals surface area contributed by atoms with Crippen LogP contribution in [0.1, 0.15) is 16.0 Å². The van der Waals surface area contributed by atoms with E-state index in [-0.39, 0.29) is 27.7 Å². The topological polar surface area (TPSA) is 26.3 Å². The predicted octanol–water partition coefficient (Wildman–Crippen LogP) is 9.05. The van der Waals surface area contributed by atoms with Gasteiger partial charge in [0.2, 0.25) is 0 Å². The molecule has 0 N–H and O–H groups in total. The van der Waals surface area contributed by atoms with E-state index in [9.17, 15) is 8.78 Å². The summed E-state index contributed by atoms with van der Waals surface area (Å²) in [5.41, 5.74) is -3.72. The van der Waals surface area contributed by atoms with Crippen LogP contribution in [0.15, 0.2) is 75.8 Å². The van der Waals surface area contributed by atoms with Crippen LogP contribution in [-0.4, -0.2) is 17.8 Å². The summed E-state index contributed by atoms with van der Waals surface area (Å²) >= 11 is 1.18. The Kier molecular flexibility index (Phi) is 4.43. The van der Waals surface area contributed by atoms with Crippen molar-refractivity contribution in [3.63, 3.8) is 0 Å². The van der Waals surface area contributed by atoms with E-state index in [0.717, 1.165) is 11.1 Å². The number of hydrogen-bond acceptors (Lipinski definition) is 3. The second-order valence-corrected chi connectivity index (χ2v) is 9.62. The minimum absolute atomic E-state index is 0.0227. The predicted molar refractivity (Wildman–Crippen MR) is 122 cm³/mol. The summed E-state index contributed by atoms with van der Waals surface area (Å²) < 4.78 is 103. The first-order valence-electron chi connectivity index (χ1n) is 10.5. The first-order chi connectivity index (χ1) is 16.6. The van der Waals surface area contributed by atoms with Gasteiger partial charge >= 0.3 is 17.8 Å². The van der Waals surface area contributed by atoms with Gasteiger partial charge in [0.1, 0.15) is 11.2 Å². The number of fused-ring (bicyclic) bond motifs is 2. The maximum absolute atomic E-state index is 15.6. The lowest BCUT2D eigenvalue weighted by Gasteiger charge is -2.25. The van der Waals surface area contributed by atoms with Crippen molar-refractivity contribution in [3.05, 3.63) is 82.9 Å². The Morgan fingerprint density at radius 1 is 0.714 bits per heavy atom. The van der Waals surface area contributed by atoms with E-state index in [2.05, 4.69) is 0 Å².